The highest BCUT2D eigenvalue weighted by Gasteiger charge is 2.04. The third-order valence-electron chi connectivity index (χ3n) is 2.02. The van der Waals surface area contributed by atoms with Crippen molar-refractivity contribution in [1.82, 2.24) is 14.6 Å². The second-order valence-electron chi connectivity index (χ2n) is 3.02. The van der Waals surface area contributed by atoms with Crippen LogP contribution in [0.4, 0.5) is 5.82 Å². The zero-order chi connectivity index (χ0) is 9.26. The molecule has 0 saturated heterocycles. The first-order valence-corrected chi connectivity index (χ1v) is 4.40. The lowest BCUT2D eigenvalue weighted by atomic mass is 10.2. The molecule has 0 aliphatic heterocycles. The Morgan fingerprint density at radius 3 is 3.15 bits per heavy atom. The van der Waals surface area contributed by atoms with E-state index in [0.29, 0.717) is 5.82 Å². The molecule has 2 heterocycles. The molecule has 4 nitrogen and oxygen atoms in total. The molecule has 2 aromatic heterocycles. The van der Waals surface area contributed by atoms with Crippen LogP contribution < -0.4 is 5.73 Å². The van der Waals surface area contributed by atoms with E-state index >= 15 is 0 Å². The number of anilines is 1. The van der Waals surface area contributed by atoms with E-state index in [9.17, 15) is 0 Å². The van der Waals surface area contributed by atoms with Crippen molar-refractivity contribution >= 4 is 11.5 Å². The molecule has 0 radical (unpaired) electrons. The third kappa shape index (κ3) is 1.24. The molecule has 2 N–H and O–H groups in total. The van der Waals surface area contributed by atoms with Crippen LogP contribution in [0.1, 0.15) is 18.9 Å². The smallest absolute Gasteiger partial charge is 0.160 e. The van der Waals surface area contributed by atoms with Crippen LogP contribution in [0.5, 0.6) is 0 Å². The van der Waals surface area contributed by atoms with Crippen LogP contribution in [0.3, 0.4) is 0 Å². The monoisotopic (exact) mass is 176 g/mol. The van der Waals surface area contributed by atoms with Crippen molar-refractivity contribution in [3.8, 4) is 0 Å². The maximum absolute atomic E-state index is 5.73. The number of aryl methyl sites for hydroxylation is 1. The fourth-order valence-corrected chi connectivity index (χ4v) is 1.40. The Bertz CT molecular complexity index is 418. The van der Waals surface area contributed by atoms with Gasteiger partial charge in [0.15, 0.2) is 5.65 Å². The summed E-state index contributed by atoms with van der Waals surface area (Å²) in [5.41, 5.74) is 7.76. The minimum atomic E-state index is 0.632. The van der Waals surface area contributed by atoms with Gasteiger partial charge < -0.3 is 5.73 Å². The highest BCUT2D eigenvalue weighted by Crippen LogP contribution is 2.12. The minimum Gasteiger partial charge on any atom is -0.384 e. The Labute approximate surface area is 76.4 Å². The lowest BCUT2D eigenvalue weighted by Gasteiger charge is -1.97. The highest BCUT2D eigenvalue weighted by molar-refractivity contribution is 5.51. The number of hydrogen-bond donors (Lipinski definition) is 1. The van der Waals surface area contributed by atoms with Gasteiger partial charge in [-0.2, -0.15) is 9.61 Å². The molecule has 0 atom stereocenters. The number of fused-ring (bicyclic) bond motifs is 1. The average Bonchev–Trinajstić information content (AvgIpc) is 2.51. The van der Waals surface area contributed by atoms with E-state index in [1.807, 2.05) is 6.20 Å². The first-order valence-electron chi connectivity index (χ1n) is 4.40. The standard InChI is InChI=1S/C9H12N4/c1-2-3-7-6-12-13-8(10)4-5-11-9(7)13/h4-6H,2-3,10H2,1H3. The molecule has 0 aromatic carbocycles. The molecule has 0 unspecified atom stereocenters. The first-order chi connectivity index (χ1) is 6.33. The SMILES string of the molecule is CCCc1cnn2c(N)ccnc12. The summed E-state index contributed by atoms with van der Waals surface area (Å²) in [7, 11) is 0. The molecular formula is C9H12N4. The Hall–Kier alpha value is -1.58. The minimum absolute atomic E-state index is 0.632. The summed E-state index contributed by atoms with van der Waals surface area (Å²) >= 11 is 0. The molecule has 0 saturated carbocycles. The van der Waals surface area contributed by atoms with Gasteiger partial charge in [0.1, 0.15) is 5.82 Å². The van der Waals surface area contributed by atoms with Gasteiger partial charge in [0.05, 0.1) is 6.20 Å². The summed E-state index contributed by atoms with van der Waals surface area (Å²) in [6.07, 6.45) is 5.64. The number of nitrogen functional groups attached to an aromatic ring is 1. The van der Waals surface area contributed by atoms with Crippen LogP contribution in [0.25, 0.3) is 5.65 Å². The van der Waals surface area contributed by atoms with E-state index in [0.717, 1.165) is 24.1 Å². The van der Waals surface area contributed by atoms with Gasteiger partial charge in [0.25, 0.3) is 0 Å². The molecule has 0 fully saturated rings. The quantitative estimate of drug-likeness (QED) is 0.749. The zero-order valence-corrected chi connectivity index (χ0v) is 7.57. The maximum atomic E-state index is 5.73. The number of hydrogen-bond acceptors (Lipinski definition) is 3. The van der Waals surface area contributed by atoms with Gasteiger partial charge in [0, 0.05) is 11.8 Å². The van der Waals surface area contributed by atoms with Crippen molar-refractivity contribution in [2.75, 3.05) is 5.73 Å². The summed E-state index contributed by atoms with van der Waals surface area (Å²) in [6.45, 7) is 2.13. The van der Waals surface area contributed by atoms with Gasteiger partial charge in [-0.3, -0.25) is 0 Å². The third-order valence-corrected chi connectivity index (χ3v) is 2.02. The summed E-state index contributed by atoms with van der Waals surface area (Å²) in [6, 6.07) is 1.75. The van der Waals surface area contributed by atoms with Crippen LogP contribution in [0.2, 0.25) is 0 Å². The van der Waals surface area contributed by atoms with Crippen LogP contribution in [0.15, 0.2) is 18.5 Å². The van der Waals surface area contributed by atoms with Gasteiger partial charge in [-0.15, -0.1) is 0 Å². The van der Waals surface area contributed by atoms with E-state index in [1.165, 1.54) is 0 Å². The summed E-state index contributed by atoms with van der Waals surface area (Å²) in [4.78, 5) is 4.24. The molecule has 68 valence electrons. The second kappa shape index (κ2) is 3.05. The van der Waals surface area contributed by atoms with Crippen molar-refractivity contribution in [2.24, 2.45) is 0 Å². The van der Waals surface area contributed by atoms with Crippen LogP contribution in [-0.2, 0) is 6.42 Å². The number of rotatable bonds is 2. The van der Waals surface area contributed by atoms with E-state index in [2.05, 4.69) is 17.0 Å². The van der Waals surface area contributed by atoms with Gasteiger partial charge in [-0.25, -0.2) is 4.98 Å². The second-order valence-corrected chi connectivity index (χ2v) is 3.02. The van der Waals surface area contributed by atoms with Crippen molar-refractivity contribution in [2.45, 2.75) is 19.8 Å². The Balaban J connectivity index is 2.61. The normalized spacial score (nSPS) is 10.8. The molecule has 2 aromatic rings. The molecule has 0 spiro atoms. The first kappa shape index (κ1) is 8.04. The van der Waals surface area contributed by atoms with Gasteiger partial charge in [0.2, 0.25) is 0 Å². The van der Waals surface area contributed by atoms with Crippen molar-refractivity contribution in [3.63, 3.8) is 0 Å². The number of aromatic nitrogens is 3. The van der Waals surface area contributed by atoms with Crippen LogP contribution in [0, 0.1) is 0 Å². The Morgan fingerprint density at radius 1 is 1.54 bits per heavy atom. The van der Waals surface area contributed by atoms with Crippen LogP contribution >= 0.6 is 0 Å². The lowest BCUT2D eigenvalue weighted by Crippen LogP contribution is -1.99. The van der Waals surface area contributed by atoms with Gasteiger partial charge in [-0.1, -0.05) is 13.3 Å². The highest BCUT2D eigenvalue weighted by atomic mass is 15.3. The van der Waals surface area contributed by atoms with E-state index in [1.54, 1.807) is 16.8 Å². The summed E-state index contributed by atoms with van der Waals surface area (Å²) in [5, 5.41) is 4.17. The largest absolute Gasteiger partial charge is 0.384 e. The van der Waals surface area contributed by atoms with Crippen LogP contribution in [-0.4, -0.2) is 14.6 Å². The average molecular weight is 176 g/mol. The number of nitrogens with zero attached hydrogens (tertiary/aromatic N) is 3. The van der Waals surface area contributed by atoms with Crippen molar-refractivity contribution in [3.05, 3.63) is 24.0 Å². The Morgan fingerprint density at radius 2 is 2.38 bits per heavy atom. The molecule has 0 amide bonds. The fourth-order valence-electron chi connectivity index (χ4n) is 1.40. The number of nitrogens with two attached hydrogens (primary N) is 1. The summed E-state index contributed by atoms with van der Waals surface area (Å²) < 4.78 is 1.67. The predicted molar refractivity (Wildman–Crippen MR) is 51.4 cm³/mol. The van der Waals surface area contributed by atoms with E-state index < -0.39 is 0 Å². The molecule has 0 aliphatic rings. The van der Waals surface area contributed by atoms with E-state index in [-0.39, 0.29) is 0 Å². The molecule has 2 rings (SSSR count). The fraction of sp³-hybridized carbons (Fsp3) is 0.333. The van der Waals surface area contributed by atoms with Gasteiger partial charge >= 0.3 is 0 Å². The maximum Gasteiger partial charge on any atom is 0.160 e. The molecular weight excluding hydrogens is 164 g/mol. The zero-order valence-electron chi connectivity index (χ0n) is 7.57. The topological polar surface area (TPSA) is 56.2 Å². The molecule has 0 aliphatic carbocycles. The molecule has 13 heavy (non-hydrogen) atoms. The Kier molecular flexibility index (Phi) is 1.88. The van der Waals surface area contributed by atoms with Gasteiger partial charge in [-0.05, 0) is 12.5 Å². The predicted octanol–water partition coefficient (Wildman–Crippen LogP) is 1.26. The van der Waals surface area contributed by atoms with E-state index in [4.69, 9.17) is 5.73 Å². The lowest BCUT2D eigenvalue weighted by molar-refractivity contribution is 0.925. The van der Waals surface area contributed by atoms with Crippen molar-refractivity contribution < 1.29 is 0 Å². The molecule has 0 bridgehead atoms. The summed E-state index contributed by atoms with van der Waals surface area (Å²) in [5.74, 6) is 0.632. The van der Waals surface area contributed by atoms with Crippen molar-refractivity contribution in [1.29, 1.82) is 0 Å². The molecule has 4 heteroatoms.